The quantitative estimate of drug-likeness (QED) is 0.839. The first-order valence-electron chi connectivity index (χ1n) is 6.18. The topological polar surface area (TPSA) is 20.2 Å². The molecule has 0 aliphatic carbocycles. The van der Waals surface area contributed by atoms with Crippen LogP contribution in [0.15, 0.2) is 55.1 Å². The standard InChI is InChI=1S/C17H18O/c1-13-8-11-17(18)16(12-13)14(2)9-10-15-6-4-3-5-7-15/h3-8,11-12,18H,2,9-10H2,1H3. The molecule has 0 spiro atoms. The second-order valence-corrected chi connectivity index (χ2v) is 4.61. The summed E-state index contributed by atoms with van der Waals surface area (Å²) in [5, 5.41) is 9.84. The summed E-state index contributed by atoms with van der Waals surface area (Å²) in [6.07, 6.45) is 1.81. The van der Waals surface area contributed by atoms with Crippen molar-refractivity contribution in [3.8, 4) is 5.75 Å². The number of aromatic hydroxyl groups is 1. The fraction of sp³-hybridized carbons (Fsp3) is 0.176. The molecule has 1 heteroatoms. The van der Waals surface area contributed by atoms with Gasteiger partial charge in [-0.2, -0.15) is 0 Å². The Labute approximate surface area is 108 Å². The molecule has 2 rings (SSSR count). The van der Waals surface area contributed by atoms with Gasteiger partial charge in [0.25, 0.3) is 0 Å². The van der Waals surface area contributed by atoms with Gasteiger partial charge >= 0.3 is 0 Å². The van der Waals surface area contributed by atoms with Gasteiger partial charge in [0.15, 0.2) is 0 Å². The highest BCUT2D eigenvalue weighted by Gasteiger charge is 2.05. The minimum atomic E-state index is 0.318. The summed E-state index contributed by atoms with van der Waals surface area (Å²) in [6.45, 7) is 6.10. The van der Waals surface area contributed by atoms with Gasteiger partial charge in [-0.15, -0.1) is 0 Å². The lowest BCUT2D eigenvalue weighted by molar-refractivity contribution is 0.473. The van der Waals surface area contributed by atoms with E-state index in [1.54, 1.807) is 6.07 Å². The normalized spacial score (nSPS) is 10.3. The molecule has 2 aromatic carbocycles. The number of hydrogen-bond acceptors (Lipinski definition) is 1. The van der Waals surface area contributed by atoms with E-state index in [1.165, 1.54) is 5.56 Å². The van der Waals surface area contributed by atoms with E-state index in [9.17, 15) is 5.11 Å². The molecule has 92 valence electrons. The molecule has 1 nitrogen and oxygen atoms in total. The Morgan fingerprint density at radius 2 is 1.83 bits per heavy atom. The molecule has 18 heavy (non-hydrogen) atoms. The summed E-state index contributed by atoms with van der Waals surface area (Å²) in [7, 11) is 0. The number of benzene rings is 2. The van der Waals surface area contributed by atoms with Crippen LogP contribution in [0.25, 0.3) is 5.57 Å². The zero-order valence-corrected chi connectivity index (χ0v) is 10.7. The first-order valence-corrected chi connectivity index (χ1v) is 6.18. The molecule has 0 atom stereocenters. The maximum absolute atomic E-state index is 9.84. The number of hydrogen-bond donors (Lipinski definition) is 1. The van der Waals surface area contributed by atoms with Crippen molar-refractivity contribution in [2.45, 2.75) is 19.8 Å². The Kier molecular flexibility index (Phi) is 3.83. The molecule has 0 bridgehead atoms. The van der Waals surface area contributed by atoms with Gasteiger partial charge in [-0.25, -0.2) is 0 Å². The number of phenols is 1. The van der Waals surface area contributed by atoms with Crippen molar-refractivity contribution < 1.29 is 5.11 Å². The van der Waals surface area contributed by atoms with E-state index in [4.69, 9.17) is 0 Å². The van der Waals surface area contributed by atoms with Crippen LogP contribution in [-0.4, -0.2) is 5.11 Å². The van der Waals surface area contributed by atoms with Crippen LogP contribution in [0.5, 0.6) is 5.75 Å². The predicted molar refractivity (Wildman–Crippen MR) is 76.6 cm³/mol. The highest BCUT2D eigenvalue weighted by molar-refractivity contribution is 5.69. The second kappa shape index (κ2) is 5.54. The van der Waals surface area contributed by atoms with Gasteiger partial charge in [0.05, 0.1) is 0 Å². The van der Waals surface area contributed by atoms with Crippen LogP contribution in [0, 0.1) is 6.92 Å². The van der Waals surface area contributed by atoms with Crippen LogP contribution in [0.4, 0.5) is 0 Å². The Morgan fingerprint density at radius 1 is 1.11 bits per heavy atom. The Bertz CT molecular complexity index is 541. The van der Waals surface area contributed by atoms with Gasteiger partial charge < -0.3 is 5.11 Å². The molecular weight excluding hydrogens is 220 g/mol. The van der Waals surface area contributed by atoms with Crippen LogP contribution in [0.1, 0.15) is 23.1 Å². The summed E-state index contributed by atoms with van der Waals surface area (Å²) >= 11 is 0. The first-order chi connectivity index (χ1) is 8.66. The molecule has 0 saturated heterocycles. The third-order valence-corrected chi connectivity index (χ3v) is 3.09. The van der Waals surface area contributed by atoms with Crippen molar-refractivity contribution in [2.75, 3.05) is 0 Å². The minimum Gasteiger partial charge on any atom is -0.507 e. The number of phenolic OH excluding ortho intramolecular Hbond substituents is 1. The summed E-state index contributed by atoms with van der Waals surface area (Å²) in [4.78, 5) is 0. The second-order valence-electron chi connectivity index (χ2n) is 4.61. The van der Waals surface area contributed by atoms with E-state index in [1.807, 2.05) is 37.3 Å². The number of allylic oxidation sites excluding steroid dienone is 1. The molecule has 0 aliphatic heterocycles. The van der Waals surface area contributed by atoms with Crippen molar-refractivity contribution in [2.24, 2.45) is 0 Å². The van der Waals surface area contributed by atoms with E-state index in [-0.39, 0.29) is 0 Å². The molecule has 0 amide bonds. The van der Waals surface area contributed by atoms with Gasteiger partial charge in [0, 0.05) is 5.56 Å². The fourth-order valence-corrected chi connectivity index (χ4v) is 2.01. The van der Waals surface area contributed by atoms with Crippen LogP contribution >= 0.6 is 0 Å². The Balaban J connectivity index is 2.06. The number of aryl methyl sites for hydroxylation is 2. The van der Waals surface area contributed by atoms with Crippen molar-refractivity contribution >= 4 is 5.57 Å². The van der Waals surface area contributed by atoms with Crippen LogP contribution in [-0.2, 0) is 6.42 Å². The smallest absolute Gasteiger partial charge is 0.123 e. The molecule has 0 fully saturated rings. The molecule has 0 aliphatic rings. The zero-order valence-electron chi connectivity index (χ0n) is 10.7. The average molecular weight is 238 g/mol. The number of rotatable bonds is 4. The lowest BCUT2D eigenvalue weighted by Crippen LogP contribution is -1.90. The maximum Gasteiger partial charge on any atom is 0.123 e. The summed E-state index contributed by atoms with van der Waals surface area (Å²) < 4.78 is 0. The first kappa shape index (κ1) is 12.4. The monoisotopic (exact) mass is 238 g/mol. The molecule has 0 unspecified atom stereocenters. The van der Waals surface area contributed by atoms with Crippen LogP contribution < -0.4 is 0 Å². The predicted octanol–water partition coefficient (Wildman–Crippen LogP) is 4.35. The maximum atomic E-state index is 9.84. The largest absolute Gasteiger partial charge is 0.507 e. The van der Waals surface area contributed by atoms with Crippen molar-refractivity contribution in [1.82, 2.24) is 0 Å². The zero-order chi connectivity index (χ0) is 13.0. The van der Waals surface area contributed by atoms with Gasteiger partial charge in [-0.05, 0) is 43.0 Å². The third-order valence-electron chi connectivity index (χ3n) is 3.09. The third kappa shape index (κ3) is 3.01. The van der Waals surface area contributed by atoms with Crippen molar-refractivity contribution in [3.05, 3.63) is 71.8 Å². The molecule has 1 N–H and O–H groups in total. The molecule has 0 aromatic heterocycles. The summed E-state index contributed by atoms with van der Waals surface area (Å²) in [5.74, 6) is 0.318. The SMILES string of the molecule is C=C(CCc1ccccc1)c1cc(C)ccc1O. The van der Waals surface area contributed by atoms with Crippen LogP contribution in [0.3, 0.4) is 0 Å². The van der Waals surface area contributed by atoms with Crippen LogP contribution in [0.2, 0.25) is 0 Å². The highest BCUT2D eigenvalue weighted by atomic mass is 16.3. The molecule has 0 heterocycles. The lowest BCUT2D eigenvalue weighted by Gasteiger charge is -2.09. The van der Waals surface area contributed by atoms with Gasteiger partial charge in [0.2, 0.25) is 0 Å². The average Bonchev–Trinajstić information content (AvgIpc) is 2.40. The fourth-order valence-electron chi connectivity index (χ4n) is 2.01. The summed E-state index contributed by atoms with van der Waals surface area (Å²) in [6, 6.07) is 16.0. The highest BCUT2D eigenvalue weighted by Crippen LogP contribution is 2.27. The lowest BCUT2D eigenvalue weighted by atomic mass is 9.98. The molecule has 2 aromatic rings. The van der Waals surface area contributed by atoms with Gasteiger partial charge in [-0.1, -0.05) is 48.5 Å². The van der Waals surface area contributed by atoms with E-state index >= 15 is 0 Å². The molecule has 0 saturated carbocycles. The Hall–Kier alpha value is -2.02. The van der Waals surface area contributed by atoms with Crippen molar-refractivity contribution in [3.63, 3.8) is 0 Å². The Morgan fingerprint density at radius 3 is 2.56 bits per heavy atom. The summed E-state index contributed by atoms with van der Waals surface area (Å²) in [5.41, 5.74) is 4.29. The van der Waals surface area contributed by atoms with Gasteiger partial charge in [-0.3, -0.25) is 0 Å². The van der Waals surface area contributed by atoms with E-state index in [0.29, 0.717) is 5.75 Å². The van der Waals surface area contributed by atoms with E-state index in [0.717, 1.165) is 29.5 Å². The molecule has 0 radical (unpaired) electrons. The van der Waals surface area contributed by atoms with Gasteiger partial charge in [0.1, 0.15) is 5.75 Å². The minimum absolute atomic E-state index is 0.318. The van der Waals surface area contributed by atoms with Crippen molar-refractivity contribution in [1.29, 1.82) is 0 Å². The molecular formula is C17H18O. The van der Waals surface area contributed by atoms with E-state index < -0.39 is 0 Å². The van der Waals surface area contributed by atoms with E-state index in [2.05, 4.69) is 18.7 Å².